The molecule has 1 aromatic carbocycles. The molecule has 1 unspecified atom stereocenters. The van der Waals surface area contributed by atoms with E-state index >= 15 is 0 Å². The number of rotatable bonds is 4. The normalized spacial score (nSPS) is 18.7. The zero-order chi connectivity index (χ0) is 12.5. The Morgan fingerprint density at radius 3 is 2.71 bits per heavy atom. The van der Waals surface area contributed by atoms with E-state index in [0.717, 1.165) is 5.56 Å². The average molecular weight is 256 g/mol. The molecule has 1 saturated heterocycles. The standard InChI is InChI=1S/C11H16N2O3S/c1-8(13-10-6-16-7-10)9-3-2-4-11(5-9)17(12,14)15/h2-5,8,10,13H,6-7H2,1H3,(H2,12,14,15). The molecule has 0 amide bonds. The molecule has 5 nitrogen and oxygen atoms in total. The Bertz CT molecular complexity index is 497. The Kier molecular flexibility index (Phi) is 3.48. The molecule has 1 atom stereocenters. The van der Waals surface area contributed by atoms with Gasteiger partial charge in [0.15, 0.2) is 0 Å². The summed E-state index contributed by atoms with van der Waals surface area (Å²) in [6.07, 6.45) is 0. The molecule has 1 aromatic rings. The highest BCUT2D eigenvalue weighted by Gasteiger charge is 2.21. The van der Waals surface area contributed by atoms with Crippen LogP contribution in [0.25, 0.3) is 0 Å². The smallest absolute Gasteiger partial charge is 0.238 e. The molecule has 0 spiro atoms. The van der Waals surface area contributed by atoms with Crippen molar-refractivity contribution in [3.63, 3.8) is 0 Å². The zero-order valence-corrected chi connectivity index (χ0v) is 10.4. The van der Waals surface area contributed by atoms with Crippen LogP contribution in [0.2, 0.25) is 0 Å². The fourth-order valence-electron chi connectivity index (χ4n) is 1.74. The first kappa shape index (κ1) is 12.5. The highest BCUT2D eigenvalue weighted by atomic mass is 32.2. The Labute approximate surface area is 101 Å². The largest absolute Gasteiger partial charge is 0.378 e. The molecule has 3 N–H and O–H groups in total. The quantitative estimate of drug-likeness (QED) is 0.816. The van der Waals surface area contributed by atoms with Gasteiger partial charge < -0.3 is 10.1 Å². The molecule has 94 valence electrons. The molecule has 1 heterocycles. The van der Waals surface area contributed by atoms with Crippen molar-refractivity contribution in [1.82, 2.24) is 5.32 Å². The van der Waals surface area contributed by atoms with Gasteiger partial charge in [0.25, 0.3) is 0 Å². The van der Waals surface area contributed by atoms with Crippen molar-refractivity contribution >= 4 is 10.0 Å². The van der Waals surface area contributed by atoms with Crippen LogP contribution in [0.1, 0.15) is 18.5 Å². The molecule has 1 aliphatic rings. The molecule has 0 aromatic heterocycles. The summed E-state index contributed by atoms with van der Waals surface area (Å²) >= 11 is 0. The van der Waals surface area contributed by atoms with Crippen LogP contribution >= 0.6 is 0 Å². The molecule has 1 fully saturated rings. The monoisotopic (exact) mass is 256 g/mol. The number of nitrogens with one attached hydrogen (secondary N) is 1. The SMILES string of the molecule is CC(NC1COC1)c1cccc(S(N)(=O)=O)c1. The summed E-state index contributed by atoms with van der Waals surface area (Å²) in [5.41, 5.74) is 0.906. The maximum absolute atomic E-state index is 11.2. The molecule has 1 aliphatic heterocycles. The maximum atomic E-state index is 11.2. The summed E-state index contributed by atoms with van der Waals surface area (Å²) < 4.78 is 27.5. The molecule has 0 saturated carbocycles. The van der Waals surface area contributed by atoms with Crippen molar-refractivity contribution in [2.45, 2.75) is 23.9 Å². The number of benzene rings is 1. The first-order valence-corrected chi connectivity index (χ1v) is 6.98. The minimum atomic E-state index is -3.63. The van der Waals surface area contributed by atoms with E-state index in [1.807, 2.05) is 13.0 Å². The topological polar surface area (TPSA) is 81.4 Å². The number of hydrogen-bond acceptors (Lipinski definition) is 4. The lowest BCUT2D eigenvalue weighted by molar-refractivity contribution is -0.00926. The zero-order valence-electron chi connectivity index (χ0n) is 9.59. The number of primary sulfonamides is 1. The number of ether oxygens (including phenoxy) is 1. The van der Waals surface area contributed by atoms with Gasteiger partial charge in [-0.05, 0) is 24.6 Å². The van der Waals surface area contributed by atoms with Crippen LogP contribution in [0.4, 0.5) is 0 Å². The summed E-state index contributed by atoms with van der Waals surface area (Å²) in [7, 11) is -3.63. The van der Waals surface area contributed by atoms with Crippen LogP contribution in [-0.4, -0.2) is 27.7 Å². The van der Waals surface area contributed by atoms with Crippen molar-refractivity contribution in [3.8, 4) is 0 Å². The van der Waals surface area contributed by atoms with Crippen molar-refractivity contribution in [1.29, 1.82) is 0 Å². The first-order valence-electron chi connectivity index (χ1n) is 5.43. The minimum Gasteiger partial charge on any atom is -0.378 e. The molecular weight excluding hydrogens is 240 g/mol. The first-order chi connectivity index (χ1) is 7.97. The van der Waals surface area contributed by atoms with Gasteiger partial charge in [0, 0.05) is 6.04 Å². The van der Waals surface area contributed by atoms with Crippen LogP contribution in [0.3, 0.4) is 0 Å². The Morgan fingerprint density at radius 1 is 1.47 bits per heavy atom. The van der Waals surface area contributed by atoms with E-state index in [1.165, 1.54) is 6.07 Å². The molecule has 17 heavy (non-hydrogen) atoms. The van der Waals surface area contributed by atoms with E-state index in [9.17, 15) is 8.42 Å². The van der Waals surface area contributed by atoms with E-state index in [0.29, 0.717) is 19.3 Å². The molecule has 0 aliphatic carbocycles. The Hall–Kier alpha value is -0.950. The van der Waals surface area contributed by atoms with E-state index < -0.39 is 10.0 Å². The Balaban J connectivity index is 2.14. The second kappa shape index (κ2) is 4.73. The summed E-state index contributed by atoms with van der Waals surface area (Å²) in [5.74, 6) is 0. The van der Waals surface area contributed by atoms with Crippen LogP contribution in [0, 0.1) is 0 Å². The van der Waals surface area contributed by atoms with E-state index in [-0.39, 0.29) is 10.9 Å². The molecule has 0 bridgehead atoms. The van der Waals surface area contributed by atoms with Gasteiger partial charge in [0.1, 0.15) is 0 Å². The predicted molar refractivity (Wildman–Crippen MR) is 64.0 cm³/mol. The van der Waals surface area contributed by atoms with Crippen molar-refractivity contribution in [2.75, 3.05) is 13.2 Å². The van der Waals surface area contributed by atoms with Crippen LogP contribution < -0.4 is 10.5 Å². The second-order valence-corrected chi connectivity index (χ2v) is 5.80. The fourth-order valence-corrected chi connectivity index (χ4v) is 2.31. The lowest BCUT2D eigenvalue weighted by atomic mass is 10.1. The number of nitrogens with two attached hydrogens (primary N) is 1. The molecule has 6 heteroatoms. The third-order valence-electron chi connectivity index (χ3n) is 2.81. The summed E-state index contributed by atoms with van der Waals surface area (Å²) in [6, 6.07) is 7.11. The molecule has 0 radical (unpaired) electrons. The van der Waals surface area contributed by atoms with Gasteiger partial charge >= 0.3 is 0 Å². The van der Waals surface area contributed by atoms with Gasteiger partial charge in [-0.1, -0.05) is 12.1 Å². The number of sulfonamides is 1. The van der Waals surface area contributed by atoms with Gasteiger partial charge in [-0.3, -0.25) is 0 Å². The van der Waals surface area contributed by atoms with Crippen molar-refractivity contribution in [3.05, 3.63) is 29.8 Å². The lowest BCUT2D eigenvalue weighted by Gasteiger charge is -2.30. The van der Waals surface area contributed by atoms with Gasteiger partial charge in [-0.2, -0.15) is 0 Å². The van der Waals surface area contributed by atoms with Crippen molar-refractivity contribution in [2.24, 2.45) is 5.14 Å². The minimum absolute atomic E-state index is 0.0746. The van der Waals surface area contributed by atoms with Crippen LogP contribution in [-0.2, 0) is 14.8 Å². The third kappa shape index (κ3) is 3.04. The highest BCUT2D eigenvalue weighted by molar-refractivity contribution is 7.89. The summed E-state index contributed by atoms with van der Waals surface area (Å²) in [4.78, 5) is 0.147. The highest BCUT2D eigenvalue weighted by Crippen LogP contribution is 2.18. The molecule has 2 rings (SSSR count). The van der Waals surface area contributed by atoms with Gasteiger partial charge in [-0.15, -0.1) is 0 Å². The Morgan fingerprint density at radius 2 is 2.18 bits per heavy atom. The fraction of sp³-hybridized carbons (Fsp3) is 0.455. The summed E-state index contributed by atoms with van der Waals surface area (Å²) in [6.45, 7) is 3.40. The predicted octanol–water partition coefficient (Wildman–Crippen LogP) is 0.383. The van der Waals surface area contributed by atoms with Gasteiger partial charge in [0.2, 0.25) is 10.0 Å². The van der Waals surface area contributed by atoms with E-state index in [1.54, 1.807) is 12.1 Å². The summed E-state index contributed by atoms with van der Waals surface area (Å²) in [5, 5.41) is 8.45. The van der Waals surface area contributed by atoms with Crippen LogP contribution in [0.15, 0.2) is 29.2 Å². The van der Waals surface area contributed by atoms with Crippen molar-refractivity contribution < 1.29 is 13.2 Å². The number of hydrogen-bond donors (Lipinski definition) is 2. The van der Waals surface area contributed by atoms with Crippen LogP contribution in [0.5, 0.6) is 0 Å². The third-order valence-corrected chi connectivity index (χ3v) is 3.72. The van der Waals surface area contributed by atoms with E-state index in [2.05, 4.69) is 5.32 Å². The molecular formula is C11H16N2O3S. The van der Waals surface area contributed by atoms with Gasteiger partial charge in [0.05, 0.1) is 24.2 Å². The van der Waals surface area contributed by atoms with E-state index in [4.69, 9.17) is 9.88 Å². The second-order valence-electron chi connectivity index (χ2n) is 4.24. The average Bonchev–Trinajstić information content (AvgIpc) is 2.22. The maximum Gasteiger partial charge on any atom is 0.238 e. The van der Waals surface area contributed by atoms with Gasteiger partial charge in [-0.25, -0.2) is 13.6 Å². The lowest BCUT2D eigenvalue weighted by Crippen LogP contribution is -2.46.